The largest absolute Gasteiger partial charge is 0.432 e. The molecule has 1 aliphatic heterocycles. The Morgan fingerprint density at radius 1 is 1.24 bits per heavy atom. The second-order valence-electron chi connectivity index (χ2n) is 7.79. The van der Waals surface area contributed by atoms with Gasteiger partial charge in [-0.2, -0.15) is 0 Å². The lowest BCUT2D eigenvalue weighted by Gasteiger charge is -2.27. The van der Waals surface area contributed by atoms with Crippen molar-refractivity contribution >= 4 is 34.7 Å². The molecule has 1 fully saturated rings. The van der Waals surface area contributed by atoms with Crippen molar-refractivity contribution in [3.63, 3.8) is 0 Å². The van der Waals surface area contributed by atoms with E-state index in [0.717, 1.165) is 11.8 Å². The molecular weight excluding hydrogens is 404 g/mol. The number of aliphatic hydroxyl groups excluding tert-OH is 2. The summed E-state index contributed by atoms with van der Waals surface area (Å²) in [6, 6.07) is 0. The van der Waals surface area contributed by atoms with Crippen molar-refractivity contribution in [2.45, 2.75) is 58.5 Å². The molecule has 0 bridgehead atoms. The van der Waals surface area contributed by atoms with Gasteiger partial charge in [-0.15, -0.1) is 0 Å². The zero-order valence-corrected chi connectivity index (χ0v) is 18.0. The molecule has 0 aromatic rings. The summed E-state index contributed by atoms with van der Waals surface area (Å²) in [4.78, 5) is 47.0. The smallest absolute Gasteiger partial charge is 0.338 e. The molecule has 0 aromatic carbocycles. The number of carbonyl (C=O) groups excluding carboxylic acids is 4. The van der Waals surface area contributed by atoms with Crippen molar-refractivity contribution in [3.8, 4) is 0 Å². The van der Waals surface area contributed by atoms with E-state index in [-0.39, 0.29) is 43.6 Å². The van der Waals surface area contributed by atoms with Gasteiger partial charge in [-0.3, -0.25) is 14.4 Å². The quantitative estimate of drug-likeness (QED) is 0.245. The first kappa shape index (κ1) is 25.3. The predicted octanol–water partition coefficient (Wildman–Crippen LogP) is -0.684. The van der Waals surface area contributed by atoms with Crippen LogP contribution in [0.25, 0.3) is 0 Å². The molecule has 29 heavy (non-hydrogen) atoms. The summed E-state index contributed by atoms with van der Waals surface area (Å²) in [6.07, 6.45) is -2.38. The van der Waals surface area contributed by atoms with Crippen LogP contribution in [-0.2, 0) is 28.7 Å². The Morgan fingerprint density at radius 3 is 2.45 bits per heavy atom. The molecule has 1 rings (SSSR count). The fourth-order valence-electron chi connectivity index (χ4n) is 2.34. The normalized spacial score (nSPS) is 19.4. The Balaban J connectivity index is 2.16. The van der Waals surface area contributed by atoms with E-state index < -0.39 is 35.3 Å². The van der Waals surface area contributed by atoms with Gasteiger partial charge in [-0.25, -0.2) is 4.79 Å². The van der Waals surface area contributed by atoms with Crippen LogP contribution in [0.3, 0.4) is 0 Å². The minimum absolute atomic E-state index is 0.00740. The van der Waals surface area contributed by atoms with Gasteiger partial charge >= 0.3 is 5.97 Å². The van der Waals surface area contributed by atoms with E-state index in [1.807, 2.05) is 0 Å². The zero-order chi connectivity index (χ0) is 22.2. The molecule has 0 radical (unpaired) electrons. The molecule has 2 atom stereocenters. The first-order chi connectivity index (χ1) is 13.4. The summed E-state index contributed by atoms with van der Waals surface area (Å²) in [5, 5.41) is 23.8. The van der Waals surface area contributed by atoms with Gasteiger partial charge in [-0.05, 0) is 0 Å². The highest BCUT2D eigenvalue weighted by molar-refractivity contribution is 8.13. The predicted molar refractivity (Wildman–Crippen MR) is 105 cm³/mol. The first-order valence-corrected chi connectivity index (χ1v) is 10.3. The van der Waals surface area contributed by atoms with E-state index in [0.29, 0.717) is 5.75 Å². The molecule has 1 heterocycles. The summed E-state index contributed by atoms with van der Waals surface area (Å²) in [7, 11) is 0. The topological polar surface area (TPSA) is 151 Å². The Kier molecular flexibility index (Phi) is 9.53. The maximum atomic E-state index is 11.9. The van der Waals surface area contributed by atoms with E-state index in [1.54, 1.807) is 27.7 Å². The molecule has 2 amide bonds. The Labute approximate surface area is 174 Å². The number of hydrogen-bond donors (Lipinski definition) is 4. The second kappa shape index (κ2) is 10.9. The lowest BCUT2D eigenvalue weighted by molar-refractivity contribution is -0.160. The van der Waals surface area contributed by atoms with Crippen molar-refractivity contribution in [2.24, 2.45) is 5.41 Å². The van der Waals surface area contributed by atoms with Gasteiger partial charge in [0, 0.05) is 44.5 Å². The summed E-state index contributed by atoms with van der Waals surface area (Å²) < 4.78 is 10.3. The molecule has 1 aliphatic rings. The van der Waals surface area contributed by atoms with Crippen molar-refractivity contribution < 1.29 is 38.9 Å². The molecule has 1 saturated heterocycles. The average molecular weight is 435 g/mol. The van der Waals surface area contributed by atoms with E-state index in [4.69, 9.17) is 14.6 Å². The molecule has 1 unspecified atom stereocenters. The third-order valence-corrected chi connectivity index (χ3v) is 5.02. The molecule has 10 nitrogen and oxygen atoms in total. The Hall–Kier alpha value is -1.69. The number of thioether (sulfide) groups is 1. The van der Waals surface area contributed by atoms with Gasteiger partial charge < -0.3 is 30.3 Å². The summed E-state index contributed by atoms with van der Waals surface area (Å²) in [6.45, 7) is 6.20. The Morgan fingerprint density at radius 2 is 1.90 bits per heavy atom. The van der Waals surface area contributed by atoms with E-state index in [9.17, 15) is 24.3 Å². The maximum absolute atomic E-state index is 11.9. The maximum Gasteiger partial charge on any atom is 0.338 e. The van der Waals surface area contributed by atoms with Gasteiger partial charge in [-0.1, -0.05) is 25.6 Å². The number of carbonyl (C=O) groups is 4. The third-order valence-electron chi connectivity index (χ3n) is 4.12. The minimum Gasteiger partial charge on any atom is -0.432 e. The van der Waals surface area contributed by atoms with Crippen LogP contribution in [0.4, 0.5) is 0 Å². The van der Waals surface area contributed by atoms with Crippen LogP contribution >= 0.6 is 11.8 Å². The number of hydrogen-bond acceptors (Lipinski definition) is 9. The lowest BCUT2D eigenvalue weighted by atomic mass is 9.87. The molecule has 11 heteroatoms. The number of esters is 1. The van der Waals surface area contributed by atoms with E-state index >= 15 is 0 Å². The van der Waals surface area contributed by atoms with Crippen LogP contribution in [0.2, 0.25) is 0 Å². The molecule has 0 saturated carbocycles. The van der Waals surface area contributed by atoms with Crippen LogP contribution in [0.1, 0.15) is 40.5 Å². The number of amides is 2. The van der Waals surface area contributed by atoms with Gasteiger partial charge in [0.15, 0.2) is 11.2 Å². The minimum atomic E-state index is -1.38. The fraction of sp³-hybridized carbons (Fsp3) is 0.778. The third kappa shape index (κ3) is 8.69. The number of nitrogens with one attached hydrogen (secondary N) is 2. The van der Waals surface area contributed by atoms with Crippen molar-refractivity contribution in [2.75, 3.05) is 25.4 Å². The summed E-state index contributed by atoms with van der Waals surface area (Å²) in [5.74, 6) is -2.25. The fourth-order valence-corrected chi connectivity index (χ4v) is 3.04. The molecular formula is C18H30N2O8S. The highest BCUT2D eigenvalue weighted by atomic mass is 32.2. The van der Waals surface area contributed by atoms with Crippen LogP contribution in [0.15, 0.2) is 0 Å². The molecule has 0 spiro atoms. The highest BCUT2D eigenvalue weighted by Gasteiger charge is 2.41. The SMILES string of the molecule is CC1(C)OC(=O)C(CC(=O)SCCNC(=O)CCNC(=O)[C@H](O)C(C)(C)CO)O1. The van der Waals surface area contributed by atoms with Crippen molar-refractivity contribution in [1.82, 2.24) is 10.6 Å². The summed E-state index contributed by atoms with van der Waals surface area (Å²) >= 11 is 0.977. The molecule has 0 aromatic heterocycles. The van der Waals surface area contributed by atoms with Gasteiger partial charge in [0.25, 0.3) is 0 Å². The van der Waals surface area contributed by atoms with E-state index in [2.05, 4.69) is 10.6 Å². The van der Waals surface area contributed by atoms with Crippen LogP contribution in [0, 0.1) is 5.41 Å². The van der Waals surface area contributed by atoms with Crippen molar-refractivity contribution in [1.29, 1.82) is 0 Å². The molecule has 166 valence electrons. The Bertz CT molecular complexity index is 623. The second-order valence-corrected chi connectivity index (χ2v) is 8.94. The van der Waals surface area contributed by atoms with Gasteiger partial charge in [0.2, 0.25) is 17.6 Å². The number of cyclic esters (lactones) is 1. The average Bonchev–Trinajstić information content (AvgIpc) is 2.89. The number of aliphatic hydroxyl groups is 2. The van der Waals surface area contributed by atoms with Gasteiger partial charge in [0.1, 0.15) is 6.10 Å². The zero-order valence-electron chi connectivity index (χ0n) is 17.1. The standard InChI is InChI=1S/C18H30N2O8S/c1-17(2,10-21)14(24)15(25)20-6-5-12(22)19-7-8-29-13(23)9-11-16(26)28-18(3,4)27-11/h11,14,21,24H,5-10H2,1-4H3,(H,19,22)(H,20,25)/t11?,14-/m0/s1. The molecule has 0 aliphatic carbocycles. The van der Waals surface area contributed by atoms with Crippen molar-refractivity contribution in [3.05, 3.63) is 0 Å². The molecule has 4 N–H and O–H groups in total. The van der Waals surface area contributed by atoms with Crippen LogP contribution < -0.4 is 10.6 Å². The number of ether oxygens (including phenoxy) is 2. The number of rotatable bonds is 11. The summed E-state index contributed by atoms with van der Waals surface area (Å²) in [5.41, 5.74) is -0.980. The first-order valence-electron chi connectivity index (χ1n) is 9.27. The van der Waals surface area contributed by atoms with E-state index in [1.165, 1.54) is 0 Å². The highest BCUT2D eigenvalue weighted by Crippen LogP contribution is 2.26. The monoisotopic (exact) mass is 434 g/mol. The van der Waals surface area contributed by atoms with Gasteiger partial charge in [0.05, 0.1) is 13.0 Å². The van der Waals surface area contributed by atoms with Crippen LogP contribution in [-0.4, -0.2) is 76.6 Å². The van der Waals surface area contributed by atoms with Crippen LogP contribution in [0.5, 0.6) is 0 Å². The lowest BCUT2D eigenvalue weighted by Crippen LogP contribution is -2.46.